The molecular formula is C16H32N4O2S2. The first-order chi connectivity index (χ1) is 11.5. The van der Waals surface area contributed by atoms with Crippen LogP contribution in [0.15, 0.2) is 4.99 Å². The monoisotopic (exact) mass is 376 g/mol. The molecule has 0 radical (unpaired) electrons. The summed E-state index contributed by atoms with van der Waals surface area (Å²) in [6.45, 7) is 6.68. The van der Waals surface area contributed by atoms with E-state index in [0.717, 1.165) is 36.3 Å². The highest BCUT2D eigenvalue weighted by atomic mass is 32.2. The van der Waals surface area contributed by atoms with Crippen LogP contribution in [-0.2, 0) is 10.0 Å². The van der Waals surface area contributed by atoms with Crippen LogP contribution >= 0.6 is 11.8 Å². The lowest BCUT2D eigenvalue weighted by atomic mass is 9.87. The van der Waals surface area contributed by atoms with E-state index in [0.29, 0.717) is 25.7 Å². The minimum absolute atomic E-state index is 0.0926. The zero-order chi connectivity index (χ0) is 17.4. The molecule has 2 fully saturated rings. The quantitative estimate of drug-likeness (QED) is 0.543. The second-order valence-electron chi connectivity index (χ2n) is 6.70. The van der Waals surface area contributed by atoms with E-state index >= 15 is 0 Å². The highest BCUT2D eigenvalue weighted by molar-refractivity contribution is 7.99. The Morgan fingerprint density at radius 2 is 2.04 bits per heavy atom. The Labute approximate surface area is 151 Å². The maximum absolute atomic E-state index is 12.4. The SMILES string of the molecule is CCNC(=NCCS(=O)(=O)N1CCSCC1)NC1CCCC(C)C1. The zero-order valence-corrected chi connectivity index (χ0v) is 16.6. The van der Waals surface area contributed by atoms with Gasteiger partial charge in [0.2, 0.25) is 10.0 Å². The molecule has 2 unspecified atom stereocenters. The van der Waals surface area contributed by atoms with Gasteiger partial charge in [-0.25, -0.2) is 12.7 Å². The Hall–Kier alpha value is -0.470. The summed E-state index contributed by atoms with van der Waals surface area (Å²) in [5.41, 5.74) is 0. The molecular weight excluding hydrogens is 344 g/mol. The van der Waals surface area contributed by atoms with Gasteiger partial charge in [-0.2, -0.15) is 11.8 Å². The average Bonchev–Trinajstić information content (AvgIpc) is 2.56. The second-order valence-corrected chi connectivity index (χ2v) is 10.0. The van der Waals surface area contributed by atoms with Crippen LogP contribution in [0.1, 0.15) is 39.5 Å². The second kappa shape index (κ2) is 9.87. The normalized spacial score (nSPS) is 27.0. The molecule has 0 aromatic rings. The van der Waals surface area contributed by atoms with E-state index in [4.69, 9.17) is 0 Å². The van der Waals surface area contributed by atoms with Crippen molar-refractivity contribution < 1.29 is 8.42 Å². The Kier molecular flexibility index (Phi) is 8.16. The Morgan fingerprint density at radius 1 is 1.29 bits per heavy atom. The van der Waals surface area contributed by atoms with Gasteiger partial charge in [0.25, 0.3) is 0 Å². The number of aliphatic imine (C=N–C) groups is 1. The fourth-order valence-corrected chi connectivity index (χ4v) is 5.76. The largest absolute Gasteiger partial charge is 0.357 e. The molecule has 1 saturated heterocycles. The van der Waals surface area contributed by atoms with Gasteiger partial charge in [-0.3, -0.25) is 4.99 Å². The summed E-state index contributed by atoms with van der Waals surface area (Å²) in [5.74, 6) is 3.38. The van der Waals surface area contributed by atoms with E-state index in [9.17, 15) is 8.42 Å². The van der Waals surface area contributed by atoms with Crippen molar-refractivity contribution in [2.45, 2.75) is 45.6 Å². The van der Waals surface area contributed by atoms with Crippen LogP contribution in [0.2, 0.25) is 0 Å². The van der Waals surface area contributed by atoms with Crippen LogP contribution in [0.5, 0.6) is 0 Å². The molecule has 2 atom stereocenters. The Morgan fingerprint density at radius 3 is 2.71 bits per heavy atom. The number of thioether (sulfide) groups is 1. The highest BCUT2D eigenvalue weighted by Gasteiger charge is 2.24. The number of sulfonamides is 1. The molecule has 0 aromatic carbocycles. The third kappa shape index (κ3) is 6.44. The number of nitrogens with one attached hydrogen (secondary N) is 2. The molecule has 1 saturated carbocycles. The first-order valence-corrected chi connectivity index (χ1v) is 11.9. The number of nitrogens with zero attached hydrogens (tertiary/aromatic N) is 2. The van der Waals surface area contributed by atoms with Gasteiger partial charge in [-0.15, -0.1) is 0 Å². The standard InChI is InChI=1S/C16H32N4O2S2/c1-3-17-16(19-15-6-4-5-14(2)13-15)18-7-12-24(21,22)20-8-10-23-11-9-20/h14-15H,3-13H2,1-2H3,(H2,17,18,19). The van der Waals surface area contributed by atoms with Gasteiger partial charge in [0.05, 0.1) is 12.3 Å². The van der Waals surface area contributed by atoms with Crippen molar-refractivity contribution in [3.63, 3.8) is 0 Å². The first-order valence-electron chi connectivity index (χ1n) is 9.11. The summed E-state index contributed by atoms with van der Waals surface area (Å²) in [5, 5.41) is 6.72. The molecule has 2 N–H and O–H groups in total. The lowest BCUT2D eigenvalue weighted by molar-refractivity contribution is 0.324. The summed E-state index contributed by atoms with van der Waals surface area (Å²) in [6, 6.07) is 0.447. The number of guanidine groups is 1. The van der Waals surface area contributed by atoms with Crippen molar-refractivity contribution in [2.24, 2.45) is 10.9 Å². The van der Waals surface area contributed by atoms with Crippen molar-refractivity contribution in [3.05, 3.63) is 0 Å². The van der Waals surface area contributed by atoms with Crippen molar-refractivity contribution in [1.29, 1.82) is 0 Å². The third-order valence-electron chi connectivity index (χ3n) is 4.60. The molecule has 0 spiro atoms. The summed E-state index contributed by atoms with van der Waals surface area (Å²) in [6.07, 6.45) is 4.88. The predicted octanol–water partition coefficient (Wildman–Crippen LogP) is 1.50. The van der Waals surface area contributed by atoms with Gasteiger partial charge in [0.1, 0.15) is 0 Å². The maximum Gasteiger partial charge on any atom is 0.215 e. The van der Waals surface area contributed by atoms with Crippen LogP contribution in [0.25, 0.3) is 0 Å². The van der Waals surface area contributed by atoms with E-state index < -0.39 is 10.0 Å². The average molecular weight is 377 g/mol. The molecule has 24 heavy (non-hydrogen) atoms. The van der Waals surface area contributed by atoms with E-state index in [2.05, 4.69) is 22.5 Å². The van der Waals surface area contributed by atoms with Gasteiger partial charge in [-0.1, -0.05) is 19.8 Å². The van der Waals surface area contributed by atoms with Gasteiger partial charge in [-0.05, 0) is 25.7 Å². The summed E-state index contributed by atoms with van der Waals surface area (Å²) in [7, 11) is -3.18. The van der Waals surface area contributed by atoms with Crippen molar-refractivity contribution in [1.82, 2.24) is 14.9 Å². The molecule has 0 bridgehead atoms. The Balaban J connectivity index is 1.85. The van der Waals surface area contributed by atoms with Crippen LogP contribution < -0.4 is 10.6 Å². The fourth-order valence-electron chi connectivity index (χ4n) is 3.31. The summed E-state index contributed by atoms with van der Waals surface area (Å²) in [4.78, 5) is 4.50. The third-order valence-corrected chi connectivity index (χ3v) is 7.40. The molecule has 2 aliphatic rings. The summed E-state index contributed by atoms with van der Waals surface area (Å²) < 4.78 is 26.3. The van der Waals surface area contributed by atoms with E-state index in [1.165, 1.54) is 19.3 Å². The molecule has 140 valence electrons. The molecule has 1 aliphatic heterocycles. The van der Waals surface area contributed by atoms with Crippen LogP contribution in [0.4, 0.5) is 0 Å². The smallest absolute Gasteiger partial charge is 0.215 e. The van der Waals surface area contributed by atoms with E-state index in [-0.39, 0.29) is 5.75 Å². The van der Waals surface area contributed by atoms with Gasteiger partial charge in [0, 0.05) is 37.2 Å². The molecule has 0 amide bonds. The maximum atomic E-state index is 12.4. The zero-order valence-electron chi connectivity index (χ0n) is 15.0. The van der Waals surface area contributed by atoms with Gasteiger partial charge >= 0.3 is 0 Å². The number of hydrogen-bond donors (Lipinski definition) is 2. The van der Waals surface area contributed by atoms with Crippen molar-refractivity contribution in [2.75, 3.05) is 43.4 Å². The highest BCUT2D eigenvalue weighted by Crippen LogP contribution is 2.23. The van der Waals surface area contributed by atoms with Crippen LogP contribution in [-0.4, -0.2) is 68.2 Å². The molecule has 6 nitrogen and oxygen atoms in total. The molecule has 2 rings (SSSR count). The predicted molar refractivity (Wildman–Crippen MR) is 103 cm³/mol. The van der Waals surface area contributed by atoms with E-state index in [1.807, 2.05) is 18.7 Å². The van der Waals surface area contributed by atoms with Crippen molar-refractivity contribution >= 4 is 27.7 Å². The first kappa shape index (κ1) is 19.8. The van der Waals surface area contributed by atoms with Crippen LogP contribution in [0.3, 0.4) is 0 Å². The van der Waals surface area contributed by atoms with Crippen LogP contribution in [0, 0.1) is 5.92 Å². The molecule has 8 heteroatoms. The minimum atomic E-state index is -3.18. The topological polar surface area (TPSA) is 73.8 Å². The number of hydrogen-bond acceptors (Lipinski definition) is 4. The van der Waals surface area contributed by atoms with Crippen molar-refractivity contribution in [3.8, 4) is 0 Å². The Bertz CT molecular complexity index is 504. The molecule has 1 heterocycles. The minimum Gasteiger partial charge on any atom is -0.357 e. The summed E-state index contributed by atoms with van der Waals surface area (Å²) >= 11 is 1.82. The van der Waals surface area contributed by atoms with Gasteiger partial charge in [0.15, 0.2) is 5.96 Å². The lowest BCUT2D eigenvalue weighted by Gasteiger charge is -2.29. The van der Waals surface area contributed by atoms with E-state index in [1.54, 1.807) is 4.31 Å². The van der Waals surface area contributed by atoms with Gasteiger partial charge < -0.3 is 10.6 Å². The molecule has 0 aromatic heterocycles. The lowest BCUT2D eigenvalue weighted by Crippen LogP contribution is -2.45. The number of rotatable bonds is 6. The molecule has 1 aliphatic carbocycles. The fraction of sp³-hybridized carbons (Fsp3) is 0.938.